The molecule has 1 aliphatic heterocycles. The molecular formula is C21H22N2O4. The second-order valence-corrected chi connectivity index (χ2v) is 6.09. The van der Waals surface area contributed by atoms with E-state index in [9.17, 15) is 9.59 Å². The number of benzene rings is 1. The Hall–Kier alpha value is -3.28. The Labute approximate surface area is 158 Å². The lowest BCUT2D eigenvalue weighted by molar-refractivity contribution is -0.139. The van der Waals surface area contributed by atoms with Gasteiger partial charge in [0.2, 0.25) is 0 Å². The van der Waals surface area contributed by atoms with E-state index >= 15 is 0 Å². The normalized spacial score (nSPS) is 13.9. The molecule has 140 valence electrons. The van der Waals surface area contributed by atoms with Crippen molar-refractivity contribution in [1.82, 2.24) is 4.57 Å². The number of anilines is 1. The number of carbonyl (C=O) groups is 2. The number of esters is 2. The second-order valence-electron chi connectivity index (χ2n) is 6.09. The maximum absolute atomic E-state index is 12.5. The zero-order valence-electron chi connectivity index (χ0n) is 15.9. The standard InChI is InChI=1S/C21H22N2O4/c1-5-22-14(2)12-15-13-16(9-10-18(15)22)23-11-7-6-8-17(20(24)26-3)19(23)21(25)27-4/h6-13H,5H2,1-4H3. The SMILES string of the molecule is CCn1c(C)cc2cc(N3C=CC=CC(C(=O)OC)=C3C(=O)OC)ccc21. The molecule has 0 fully saturated rings. The predicted octanol–water partition coefficient (Wildman–Crippen LogP) is 3.46. The van der Waals surface area contributed by atoms with E-state index < -0.39 is 11.9 Å². The fraction of sp³-hybridized carbons (Fsp3) is 0.238. The van der Waals surface area contributed by atoms with Gasteiger partial charge in [-0.1, -0.05) is 6.08 Å². The van der Waals surface area contributed by atoms with Gasteiger partial charge in [-0.15, -0.1) is 0 Å². The first-order valence-electron chi connectivity index (χ1n) is 8.66. The molecular weight excluding hydrogens is 344 g/mol. The monoisotopic (exact) mass is 366 g/mol. The number of aryl methyl sites for hydroxylation is 2. The smallest absolute Gasteiger partial charge is 0.355 e. The van der Waals surface area contributed by atoms with Crippen molar-refractivity contribution in [1.29, 1.82) is 0 Å². The van der Waals surface area contributed by atoms with Crippen LogP contribution in [0.5, 0.6) is 0 Å². The van der Waals surface area contributed by atoms with E-state index in [0.717, 1.165) is 28.8 Å². The number of allylic oxidation sites excluding steroid dienone is 2. The fourth-order valence-electron chi connectivity index (χ4n) is 3.33. The minimum Gasteiger partial charge on any atom is -0.465 e. The van der Waals surface area contributed by atoms with E-state index in [0.29, 0.717) is 0 Å². The molecule has 0 N–H and O–H groups in total. The highest BCUT2D eigenvalue weighted by atomic mass is 16.5. The number of rotatable bonds is 4. The van der Waals surface area contributed by atoms with Crippen LogP contribution in [0.3, 0.4) is 0 Å². The number of ether oxygens (including phenoxy) is 2. The maximum Gasteiger partial charge on any atom is 0.355 e. The van der Waals surface area contributed by atoms with Crippen molar-refractivity contribution in [3.05, 3.63) is 65.7 Å². The van der Waals surface area contributed by atoms with E-state index in [4.69, 9.17) is 9.47 Å². The van der Waals surface area contributed by atoms with Crippen molar-refractivity contribution in [3.8, 4) is 0 Å². The van der Waals surface area contributed by atoms with Crippen LogP contribution in [-0.4, -0.2) is 30.7 Å². The van der Waals surface area contributed by atoms with Crippen molar-refractivity contribution in [3.63, 3.8) is 0 Å². The van der Waals surface area contributed by atoms with Gasteiger partial charge < -0.3 is 18.9 Å². The molecule has 1 aromatic heterocycles. The third kappa shape index (κ3) is 3.26. The first-order chi connectivity index (χ1) is 13.0. The van der Waals surface area contributed by atoms with Gasteiger partial charge in [0.05, 0.1) is 19.8 Å². The summed E-state index contributed by atoms with van der Waals surface area (Å²) in [5, 5.41) is 1.06. The average molecular weight is 366 g/mol. The molecule has 0 aliphatic carbocycles. The van der Waals surface area contributed by atoms with Crippen LogP contribution in [0.4, 0.5) is 5.69 Å². The number of hydrogen-bond donors (Lipinski definition) is 0. The van der Waals surface area contributed by atoms with Crippen molar-refractivity contribution in [2.45, 2.75) is 20.4 Å². The molecule has 27 heavy (non-hydrogen) atoms. The van der Waals surface area contributed by atoms with Crippen LogP contribution in [0.15, 0.2) is 60.0 Å². The molecule has 0 unspecified atom stereocenters. The lowest BCUT2D eigenvalue weighted by Crippen LogP contribution is -2.26. The molecule has 0 atom stereocenters. The zero-order valence-corrected chi connectivity index (χ0v) is 15.9. The summed E-state index contributed by atoms with van der Waals surface area (Å²) in [4.78, 5) is 26.4. The van der Waals surface area contributed by atoms with Gasteiger partial charge in [0, 0.05) is 35.0 Å². The molecule has 2 aromatic rings. The Kier molecular flexibility index (Phi) is 5.16. The number of aromatic nitrogens is 1. The highest BCUT2D eigenvalue weighted by Crippen LogP contribution is 2.30. The Bertz CT molecular complexity index is 995. The first-order valence-corrected chi connectivity index (χ1v) is 8.66. The molecule has 0 radical (unpaired) electrons. The summed E-state index contributed by atoms with van der Waals surface area (Å²) >= 11 is 0. The maximum atomic E-state index is 12.5. The van der Waals surface area contributed by atoms with E-state index in [-0.39, 0.29) is 11.3 Å². The molecule has 0 saturated heterocycles. The summed E-state index contributed by atoms with van der Waals surface area (Å²) in [6, 6.07) is 8.02. The molecule has 6 heteroatoms. The topological polar surface area (TPSA) is 60.8 Å². The Morgan fingerprint density at radius 2 is 1.78 bits per heavy atom. The van der Waals surface area contributed by atoms with Crippen molar-refractivity contribution in [2.24, 2.45) is 0 Å². The number of carbonyl (C=O) groups excluding carboxylic acids is 2. The summed E-state index contributed by atoms with van der Waals surface area (Å²) in [7, 11) is 2.57. The van der Waals surface area contributed by atoms with Gasteiger partial charge in [-0.25, -0.2) is 9.59 Å². The molecule has 1 aromatic carbocycles. The largest absolute Gasteiger partial charge is 0.465 e. The average Bonchev–Trinajstić information content (AvgIpc) is 2.85. The zero-order chi connectivity index (χ0) is 19.6. The molecule has 1 aliphatic rings. The van der Waals surface area contributed by atoms with E-state index in [2.05, 4.69) is 24.5 Å². The van der Waals surface area contributed by atoms with Crippen molar-refractivity contribution in [2.75, 3.05) is 19.1 Å². The van der Waals surface area contributed by atoms with Crippen LogP contribution in [0.2, 0.25) is 0 Å². The third-order valence-corrected chi connectivity index (χ3v) is 4.58. The quantitative estimate of drug-likeness (QED) is 0.776. The van der Waals surface area contributed by atoms with Gasteiger partial charge in [-0.3, -0.25) is 0 Å². The number of methoxy groups -OCH3 is 2. The molecule has 6 nitrogen and oxygen atoms in total. The van der Waals surface area contributed by atoms with Crippen LogP contribution >= 0.6 is 0 Å². The molecule has 0 saturated carbocycles. The number of fused-ring (bicyclic) bond motifs is 1. The molecule has 0 spiro atoms. The molecule has 3 rings (SSSR count). The molecule has 0 bridgehead atoms. The van der Waals surface area contributed by atoms with Gasteiger partial charge in [-0.2, -0.15) is 0 Å². The summed E-state index contributed by atoms with van der Waals surface area (Å²) < 4.78 is 12.0. The molecule has 0 amide bonds. The van der Waals surface area contributed by atoms with Gasteiger partial charge >= 0.3 is 11.9 Å². The summed E-state index contributed by atoms with van der Waals surface area (Å²) in [6.07, 6.45) is 6.71. The van der Waals surface area contributed by atoms with Gasteiger partial charge in [0.1, 0.15) is 5.70 Å². The predicted molar refractivity (Wildman–Crippen MR) is 104 cm³/mol. The van der Waals surface area contributed by atoms with Crippen molar-refractivity contribution >= 4 is 28.5 Å². The summed E-state index contributed by atoms with van der Waals surface area (Å²) in [6.45, 7) is 5.04. The van der Waals surface area contributed by atoms with E-state index in [1.165, 1.54) is 14.2 Å². The number of nitrogens with zero attached hydrogens (tertiary/aromatic N) is 2. The minimum absolute atomic E-state index is 0.111. The first kappa shape index (κ1) is 18.5. The van der Waals surface area contributed by atoms with Gasteiger partial charge in [0.15, 0.2) is 0 Å². The highest BCUT2D eigenvalue weighted by molar-refractivity contribution is 6.05. The van der Waals surface area contributed by atoms with E-state index in [1.807, 2.05) is 18.2 Å². The van der Waals surface area contributed by atoms with Crippen LogP contribution in [0.25, 0.3) is 10.9 Å². The summed E-state index contributed by atoms with van der Waals surface area (Å²) in [5.41, 5.74) is 3.28. The lowest BCUT2D eigenvalue weighted by atomic mass is 10.1. The molecule has 2 heterocycles. The summed E-state index contributed by atoms with van der Waals surface area (Å²) in [5.74, 6) is -1.22. The van der Waals surface area contributed by atoms with Crippen LogP contribution in [0, 0.1) is 6.92 Å². The Balaban J connectivity index is 2.19. The van der Waals surface area contributed by atoms with Gasteiger partial charge in [0.25, 0.3) is 0 Å². The fourth-order valence-corrected chi connectivity index (χ4v) is 3.33. The van der Waals surface area contributed by atoms with Gasteiger partial charge in [-0.05, 0) is 50.3 Å². The van der Waals surface area contributed by atoms with E-state index in [1.54, 1.807) is 29.3 Å². The van der Waals surface area contributed by atoms with Crippen molar-refractivity contribution < 1.29 is 19.1 Å². The van der Waals surface area contributed by atoms with Crippen LogP contribution < -0.4 is 4.90 Å². The highest BCUT2D eigenvalue weighted by Gasteiger charge is 2.27. The van der Waals surface area contributed by atoms with Crippen LogP contribution in [-0.2, 0) is 25.6 Å². The Morgan fingerprint density at radius 1 is 1.04 bits per heavy atom. The minimum atomic E-state index is -0.617. The van der Waals surface area contributed by atoms with Crippen LogP contribution in [0.1, 0.15) is 12.6 Å². The lowest BCUT2D eigenvalue weighted by Gasteiger charge is -2.23. The second kappa shape index (κ2) is 7.53. The third-order valence-electron chi connectivity index (χ3n) is 4.58. The Morgan fingerprint density at radius 3 is 2.44 bits per heavy atom. The number of hydrogen-bond acceptors (Lipinski definition) is 5.